The van der Waals surface area contributed by atoms with E-state index >= 15 is 0 Å². The molecule has 4 heteroatoms. The quantitative estimate of drug-likeness (QED) is 0.875. The van der Waals surface area contributed by atoms with Gasteiger partial charge in [0.1, 0.15) is 6.17 Å². The third kappa shape index (κ3) is 3.17. The highest BCUT2D eigenvalue weighted by Crippen LogP contribution is 2.20. The summed E-state index contributed by atoms with van der Waals surface area (Å²) in [6, 6.07) is 6.99. The van der Waals surface area contributed by atoms with Gasteiger partial charge in [0.25, 0.3) is 0 Å². The Balaban J connectivity index is 1.91. The lowest BCUT2D eigenvalue weighted by Crippen LogP contribution is -2.44. The van der Waals surface area contributed by atoms with Gasteiger partial charge in [0.05, 0.1) is 0 Å². The van der Waals surface area contributed by atoms with E-state index in [-0.39, 0.29) is 0 Å². The second kappa shape index (κ2) is 5.62. The van der Waals surface area contributed by atoms with Gasteiger partial charge in [-0.3, -0.25) is 4.90 Å². The Morgan fingerprint density at radius 2 is 1.88 bits per heavy atom. The van der Waals surface area contributed by atoms with Crippen LogP contribution in [0.2, 0.25) is 5.02 Å². The van der Waals surface area contributed by atoms with Crippen molar-refractivity contribution in [2.75, 3.05) is 32.7 Å². The Bertz CT molecular complexity index is 322. The molecule has 1 heterocycles. The Morgan fingerprint density at radius 1 is 1.25 bits per heavy atom. The molecule has 1 atom stereocenters. The molecule has 0 spiro atoms. The SMILES string of the molecule is F[C@H](CN1CCNCC1)c1ccc(Cl)cc1. The summed E-state index contributed by atoms with van der Waals surface area (Å²) in [6.45, 7) is 4.23. The van der Waals surface area contributed by atoms with Gasteiger partial charge in [-0.2, -0.15) is 0 Å². The number of nitrogens with zero attached hydrogens (tertiary/aromatic N) is 1. The highest BCUT2D eigenvalue weighted by atomic mass is 35.5. The van der Waals surface area contributed by atoms with Crippen molar-refractivity contribution < 1.29 is 4.39 Å². The van der Waals surface area contributed by atoms with Crippen LogP contribution in [0.3, 0.4) is 0 Å². The number of halogens is 2. The molecule has 1 aromatic carbocycles. The molecule has 0 unspecified atom stereocenters. The van der Waals surface area contributed by atoms with Gasteiger partial charge in [0, 0.05) is 37.7 Å². The largest absolute Gasteiger partial charge is 0.314 e. The minimum atomic E-state index is -0.921. The molecule has 0 aromatic heterocycles. The van der Waals surface area contributed by atoms with Crippen LogP contribution in [0.4, 0.5) is 4.39 Å². The lowest BCUT2D eigenvalue weighted by Gasteiger charge is -2.28. The summed E-state index contributed by atoms with van der Waals surface area (Å²) in [5, 5.41) is 3.90. The first-order valence-electron chi connectivity index (χ1n) is 5.58. The van der Waals surface area contributed by atoms with E-state index in [1.54, 1.807) is 24.3 Å². The van der Waals surface area contributed by atoms with Gasteiger partial charge < -0.3 is 5.32 Å². The Morgan fingerprint density at radius 3 is 2.50 bits per heavy atom. The van der Waals surface area contributed by atoms with Gasteiger partial charge in [-0.05, 0) is 17.7 Å². The molecule has 1 N–H and O–H groups in total. The number of alkyl halides is 1. The predicted molar refractivity (Wildman–Crippen MR) is 64.6 cm³/mol. The summed E-state index contributed by atoms with van der Waals surface area (Å²) in [7, 11) is 0. The van der Waals surface area contributed by atoms with E-state index in [9.17, 15) is 4.39 Å². The molecule has 0 bridgehead atoms. The molecule has 1 fully saturated rings. The van der Waals surface area contributed by atoms with Gasteiger partial charge >= 0.3 is 0 Å². The van der Waals surface area contributed by atoms with Gasteiger partial charge in [0.15, 0.2) is 0 Å². The highest BCUT2D eigenvalue weighted by molar-refractivity contribution is 6.30. The average Bonchev–Trinajstić information content (AvgIpc) is 2.31. The molecule has 1 aromatic rings. The topological polar surface area (TPSA) is 15.3 Å². The van der Waals surface area contributed by atoms with E-state index in [2.05, 4.69) is 10.2 Å². The molecule has 2 nitrogen and oxygen atoms in total. The van der Waals surface area contributed by atoms with Crippen molar-refractivity contribution in [1.82, 2.24) is 10.2 Å². The van der Waals surface area contributed by atoms with E-state index in [1.165, 1.54) is 0 Å². The maximum absolute atomic E-state index is 13.9. The molecule has 0 aliphatic carbocycles. The van der Waals surface area contributed by atoms with Crippen LogP contribution in [0.5, 0.6) is 0 Å². The summed E-state index contributed by atoms with van der Waals surface area (Å²) in [4.78, 5) is 2.15. The number of rotatable bonds is 3. The van der Waals surface area contributed by atoms with E-state index in [0.29, 0.717) is 17.1 Å². The first-order chi connectivity index (χ1) is 7.75. The van der Waals surface area contributed by atoms with Gasteiger partial charge in [-0.15, -0.1) is 0 Å². The summed E-state index contributed by atoms with van der Waals surface area (Å²) in [5.41, 5.74) is 0.711. The second-order valence-electron chi connectivity index (χ2n) is 4.07. The number of hydrogen-bond acceptors (Lipinski definition) is 2. The van der Waals surface area contributed by atoms with Gasteiger partial charge in [0.2, 0.25) is 0 Å². The molecular weight excluding hydrogens is 227 g/mol. The Kier molecular flexibility index (Phi) is 4.16. The van der Waals surface area contributed by atoms with Gasteiger partial charge in [-0.1, -0.05) is 23.7 Å². The lowest BCUT2D eigenvalue weighted by atomic mass is 10.1. The highest BCUT2D eigenvalue weighted by Gasteiger charge is 2.16. The first-order valence-corrected chi connectivity index (χ1v) is 5.96. The summed E-state index contributed by atoms with van der Waals surface area (Å²) >= 11 is 5.77. The van der Waals surface area contributed by atoms with Crippen LogP contribution in [0.1, 0.15) is 11.7 Å². The van der Waals surface area contributed by atoms with Crippen molar-refractivity contribution in [3.8, 4) is 0 Å². The van der Waals surface area contributed by atoms with E-state index in [0.717, 1.165) is 26.2 Å². The fourth-order valence-electron chi connectivity index (χ4n) is 1.90. The molecule has 1 saturated heterocycles. The van der Waals surface area contributed by atoms with Gasteiger partial charge in [-0.25, -0.2) is 4.39 Å². The van der Waals surface area contributed by atoms with Crippen molar-refractivity contribution in [1.29, 1.82) is 0 Å². The zero-order valence-electron chi connectivity index (χ0n) is 9.13. The van der Waals surface area contributed by atoms with Crippen LogP contribution in [0.25, 0.3) is 0 Å². The normalized spacial score (nSPS) is 19.6. The number of benzene rings is 1. The maximum Gasteiger partial charge on any atom is 0.138 e. The average molecular weight is 243 g/mol. The van der Waals surface area contributed by atoms with Crippen LogP contribution in [-0.4, -0.2) is 37.6 Å². The summed E-state index contributed by atoms with van der Waals surface area (Å²) in [5.74, 6) is 0. The Hall–Kier alpha value is -0.640. The van der Waals surface area contributed by atoms with Crippen molar-refractivity contribution >= 4 is 11.6 Å². The number of hydrogen-bond donors (Lipinski definition) is 1. The predicted octanol–water partition coefficient (Wildman–Crippen LogP) is 2.26. The number of nitrogens with one attached hydrogen (secondary N) is 1. The van der Waals surface area contributed by atoms with E-state index < -0.39 is 6.17 Å². The first kappa shape index (κ1) is 11.8. The fraction of sp³-hybridized carbons (Fsp3) is 0.500. The molecular formula is C12H16ClFN2. The fourth-order valence-corrected chi connectivity index (χ4v) is 2.02. The van der Waals surface area contributed by atoms with Crippen LogP contribution in [0.15, 0.2) is 24.3 Å². The van der Waals surface area contributed by atoms with Crippen LogP contribution in [-0.2, 0) is 0 Å². The van der Waals surface area contributed by atoms with Crippen molar-refractivity contribution in [3.05, 3.63) is 34.9 Å². The molecule has 2 rings (SSSR count). The lowest BCUT2D eigenvalue weighted by molar-refractivity contribution is 0.175. The van der Waals surface area contributed by atoms with Crippen molar-refractivity contribution in [3.63, 3.8) is 0 Å². The zero-order chi connectivity index (χ0) is 11.4. The second-order valence-corrected chi connectivity index (χ2v) is 4.51. The third-order valence-corrected chi connectivity index (χ3v) is 3.11. The molecule has 1 aliphatic heterocycles. The summed E-state index contributed by atoms with van der Waals surface area (Å²) in [6.07, 6.45) is -0.921. The minimum Gasteiger partial charge on any atom is -0.314 e. The monoisotopic (exact) mass is 242 g/mol. The Labute approximate surface area is 100 Å². The smallest absolute Gasteiger partial charge is 0.138 e. The maximum atomic E-state index is 13.9. The minimum absolute atomic E-state index is 0.476. The van der Waals surface area contributed by atoms with Crippen LogP contribution in [0, 0.1) is 0 Å². The van der Waals surface area contributed by atoms with E-state index in [1.807, 2.05) is 0 Å². The van der Waals surface area contributed by atoms with E-state index in [4.69, 9.17) is 11.6 Å². The van der Waals surface area contributed by atoms with Crippen molar-refractivity contribution in [2.45, 2.75) is 6.17 Å². The molecule has 1 aliphatic rings. The third-order valence-electron chi connectivity index (χ3n) is 2.86. The molecule has 16 heavy (non-hydrogen) atoms. The summed E-state index contributed by atoms with van der Waals surface area (Å²) < 4.78 is 13.9. The van der Waals surface area contributed by atoms with Crippen molar-refractivity contribution in [2.24, 2.45) is 0 Å². The van der Waals surface area contributed by atoms with Crippen LogP contribution < -0.4 is 5.32 Å². The standard InChI is InChI=1S/C12H16ClFN2/c13-11-3-1-10(2-4-11)12(14)9-16-7-5-15-6-8-16/h1-4,12,15H,5-9H2/t12-/m1/s1. The molecule has 0 saturated carbocycles. The van der Waals surface area contributed by atoms with Crippen LogP contribution >= 0.6 is 11.6 Å². The molecule has 0 radical (unpaired) electrons. The molecule has 88 valence electrons. The number of piperazine rings is 1. The molecule has 0 amide bonds. The zero-order valence-corrected chi connectivity index (χ0v) is 9.88.